The van der Waals surface area contributed by atoms with Crippen LogP contribution in [0.3, 0.4) is 0 Å². The molecule has 0 spiro atoms. The summed E-state index contributed by atoms with van der Waals surface area (Å²) in [4.78, 5) is 23.1. The molecule has 1 saturated heterocycles. The van der Waals surface area contributed by atoms with Gasteiger partial charge in [0.15, 0.2) is 6.61 Å². The zero-order valence-electron chi connectivity index (χ0n) is 15.3. The molecule has 1 fully saturated rings. The summed E-state index contributed by atoms with van der Waals surface area (Å²) in [6, 6.07) is 12.5. The van der Waals surface area contributed by atoms with Crippen molar-refractivity contribution in [3.05, 3.63) is 54.6 Å². The highest BCUT2D eigenvalue weighted by Crippen LogP contribution is 2.31. The van der Waals surface area contributed by atoms with E-state index in [1.807, 2.05) is 30.3 Å². The molecule has 3 aromatic rings. The summed E-state index contributed by atoms with van der Waals surface area (Å²) < 4.78 is 11.1. The van der Waals surface area contributed by atoms with Gasteiger partial charge in [-0.25, -0.2) is 4.98 Å². The first-order chi connectivity index (χ1) is 13.7. The zero-order chi connectivity index (χ0) is 19.3. The van der Waals surface area contributed by atoms with E-state index in [1.165, 1.54) is 0 Å². The van der Waals surface area contributed by atoms with E-state index < -0.39 is 0 Å². The first-order valence-corrected chi connectivity index (χ1v) is 9.23. The molecule has 144 valence electrons. The minimum absolute atomic E-state index is 0.0244. The number of likely N-dealkylation sites (tertiary alicyclic amines) is 1. The second-order valence-corrected chi connectivity index (χ2v) is 6.63. The van der Waals surface area contributed by atoms with Gasteiger partial charge in [-0.15, -0.1) is 0 Å². The van der Waals surface area contributed by atoms with Crippen LogP contribution in [0.4, 0.5) is 5.82 Å². The first kappa shape index (κ1) is 18.0. The van der Waals surface area contributed by atoms with Crippen molar-refractivity contribution in [2.75, 3.05) is 18.9 Å². The number of nitrogen functional groups attached to an aromatic ring is 1. The minimum atomic E-state index is -0.247. The lowest BCUT2D eigenvalue weighted by Crippen LogP contribution is -2.41. The molecular weight excluding hydrogens is 358 g/mol. The lowest BCUT2D eigenvalue weighted by molar-refractivity contribution is -0.138. The second-order valence-electron chi connectivity index (χ2n) is 6.63. The molecular formula is C20H21N5O3. The molecule has 1 aromatic carbocycles. The van der Waals surface area contributed by atoms with E-state index in [0.717, 1.165) is 19.3 Å². The zero-order valence-corrected chi connectivity index (χ0v) is 15.3. The molecule has 1 aliphatic rings. The maximum absolute atomic E-state index is 12.8. The molecule has 1 aliphatic heterocycles. The molecule has 1 atom stereocenters. The summed E-state index contributed by atoms with van der Waals surface area (Å²) in [5.74, 6) is 1.86. The van der Waals surface area contributed by atoms with Crippen LogP contribution in [0.25, 0.3) is 11.4 Å². The SMILES string of the molecule is Nc1ccc(-c2noc(C3CCCCN3C(=O)COc3ccccc3)n2)cn1. The number of hydrogen-bond acceptors (Lipinski definition) is 7. The Morgan fingerprint density at radius 3 is 2.86 bits per heavy atom. The van der Waals surface area contributed by atoms with Gasteiger partial charge in [-0.1, -0.05) is 23.4 Å². The smallest absolute Gasteiger partial charge is 0.261 e. The van der Waals surface area contributed by atoms with E-state index in [9.17, 15) is 4.79 Å². The fraction of sp³-hybridized carbons (Fsp3) is 0.300. The number of aromatic nitrogens is 3. The van der Waals surface area contributed by atoms with Crippen molar-refractivity contribution >= 4 is 11.7 Å². The quantitative estimate of drug-likeness (QED) is 0.726. The number of carbonyl (C=O) groups is 1. The van der Waals surface area contributed by atoms with E-state index in [1.54, 1.807) is 23.2 Å². The van der Waals surface area contributed by atoms with E-state index in [0.29, 0.717) is 35.4 Å². The highest BCUT2D eigenvalue weighted by molar-refractivity contribution is 5.78. The molecule has 2 N–H and O–H groups in total. The number of ether oxygens (including phenoxy) is 1. The molecule has 1 unspecified atom stereocenters. The fourth-order valence-corrected chi connectivity index (χ4v) is 3.26. The summed E-state index contributed by atoms with van der Waals surface area (Å²) in [5.41, 5.74) is 6.33. The Hall–Kier alpha value is -3.42. The predicted molar refractivity (Wildman–Crippen MR) is 102 cm³/mol. The molecule has 3 heterocycles. The largest absolute Gasteiger partial charge is 0.484 e. The monoisotopic (exact) mass is 379 g/mol. The van der Waals surface area contributed by atoms with Gasteiger partial charge >= 0.3 is 0 Å². The number of amides is 1. The summed E-state index contributed by atoms with van der Waals surface area (Å²) in [5, 5.41) is 4.04. The average Bonchev–Trinajstić information content (AvgIpc) is 3.23. The molecule has 28 heavy (non-hydrogen) atoms. The van der Waals surface area contributed by atoms with Crippen LogP contribution in [-0.4, -0.2) is 39.1 Å². The maximum atomic E-state index is 12.8. The van der Waals surface area contributed by atoms with Crippen molar-refractivity contribution in [3.8, 4) is 17.1 Å². The third kappa shape index (κ3) is 3.95. The van der Waals surface area contributed by atoms with Crippen LogP contribution in [0.15, 0.2) is 53.2 Å². The van der Waals surface area contributed by atoms with Crippen LogP contribution in [0.2, 0.25) is 0 Å². The molecule has 0 saturated carbocycles. The Balaban J connectivity index is 1.47. The molecule has 0 radical (unpaired) electrons. The molecule has 8 heteroatoms. The molecule has 1 amide bonds. The standard InChI is InChI=1S/C20H21N5O3/c21-17-10-9-14(12-22-17)19-23-20(28-24-19)16-8-4-5-11-25(16)18(26)13-27-15-6-2-1-3-7-15/h1-3,6-7,9-10,12,16H,4-5,8,11,13H2,(H2,21,22). The normalized spacial score (nSPS) is 16.7. The van der Waals surface area contributed by atoms with Gasteiger partial charge in [0.25, 0.3) is 5.91 Å². The summed E-state index contributed by atoms with van der Waals surface area (Å²) in [6.45, 7) is 0.617. The van der Waals surface area contributed by atoms with Crippen molar-refractivity contribution < 1.29 is 14.1 Å². The van der Waals surface area contributed by atoms with Gasteiger partial charge in [-0.05, 0) is 43.5 Å². The summed E-state index contributed by atoms with van der Waals surface area (Å²) >= 11 is 0. The topological polar surface area (TPSA) is 107 Å². The van der Waals surface area contributed by atoms with Gasteiger partial charge in [0, 0.05) is 18.3 Å². The van der Waals surface area contributed by atoms with Crippen LogP contribution in [0.1, 0.15) is 31.2 Å². The fourth-order valence-electron chi connectivity index (χ4n) is 3.26. The number of para-hydroxylation sites is 1. The van der Waals surface area contributed by atoms with Gasteiger partial charge in [-0.3, -0.25) is 4.79 Å². The van der Waals surface area contributed by atoms with Crippen LogP contribution < -0.4 is 10.5 Å². The molecule has 8 nitrogen and oxygen atoms in total. The Bertz CT molecular complexity index is 927. The Labute approximate surface area is 162 Å². The lowest BCUT2D eigenvalue weighted by Gasteiger charge is -2.33. The number of nitrogens with two attached hydrogens (primary N) is 1. The van der Waals surface area contributed by atoms with Gasteiger partial charge in [0.2, 0.25) is 11.7 Å². The van der Waals surface area contributed by atoms with Crippen molar-refractivity contribution in [1.82, 2.24) is 20.0 Å². The van der Waals surface area contributed by atoms with E-state index >= 15 is 0 Å². The number of carbonyl (C=O) groups excluding carboxylic acids is 1. The van der Waals surface area contributed by atoms with Crippen LogP contribution in [0.5, 0.6) is 5.75 Å². The third-order valence-electron chi connectivity index (χ3n) is 4.70. The van der Waals surface area contributed by atoms with Crippen molar-refractivity contribution in [2.24, 2.45) is 0 Å². The Kier molecular flexibility index (Phi) is 5.18. The Morgan fingerprint density at radius 1 is 1.21 bits per heavy atom. The van der Waals surface area contributed by atoms with Crippen LogP contribution in [0, 0.1) is 0 Å². The van der Waals surface area contributed by atoms with Crippen molar-refractivity contribution in [1.29, 1.82) is 0 Å². The number of nitrogens with zero attached hydrogens (tertiary/aromatic N) is 4. The van der Waals surface area contributed by atoms with Crippen molar-refractivity contribution in [3.63, 3.8) is 0 Å². The number of piperidine rings is 1. The first-order valence-electron chi connectivity index (χ1n) is 9.23. The highest BCUT2D eigenvalue weighted by atomic mass is 16.5. The van der Waals surface area contributed by atoms with Gasteiger partial charge in [0.05, 0.1) is 0 Å². The van der Waals surface area contributed by atoms with Crippen LogP contribution >= 0.6 is 0 Å². The number of anilines is 1. The summed E-state index contributed by atoms with van der Waals surface area (Å²) in [6.07, 6.45) is 4.31. The number of benzene rings is 1. The lowest BCUT2D eigenvalue weighted by atomic mass is 10.0. The molecule has 4 rings (SSSR count). The molecule has 0 aliphatic carbocycles. The number of hydrogen-bond donors (Lipinski definition) is 1. The van der Waals surface area contributed by atoms with Gasteiger partial charge < -0.3 is 19.9 Å². The minimum Gasteiger partial charge on any atom is -0.484 e. The second kappa shape index (κ2) is 8.08. The van der Waals surface area contributed by atoms with E-state index in [2.05, 4.69) is 15.1 Å². The van der Waals surface area contributed by atoms with E-state index in [-0.39, 0.29) is 18.6 Å². The molecule has 0 bridgehead atoms. The Morgan fingerprint density at radius 2 is 2.07 bits per heavy atom. The van der Waals surface area contributed by atoms with Gasteiger partial charge in [0.1, 0.15) is 17.6 Å². The number of rotatable bonds is 5. The average molecular weight is 379 g/mol. The third-order valence-corrected chi connectivity index (χ3v) is 4.70. The van der Waals surface area contributed by atoms with E-state index in [4.69, 9.17) is 15.0 Å². The predicted octanol–water partition coefficient (Wildman–Crippen LogP) is 2.85. The van der Waals surface area contributed by atoms with Crippen LogP contribution in [-0.2, 0) is 4.79 Å². The highest BCUT2D eigenvalue weighted by Gasteiger charge is 2.32. The molecule has 2 aromatic heterocycles. The van der Waals surface area contributed by atoms with Crippen molar-refractivity contribution in [2.45, 2.75) is 25.3 Å². The maximum Gasteiger partial charge on any atom is 0.261 e. The number of pyridine rings is 1. The van der Waals surface area contributed by atoms with Gasteiger partial charge in [-0.2, -0.15) is 4.98 Å². The summed E-state index contributed by atoms with van der Waals surface area (Å²) in [7, 11) is 0.